The molecule has 1 heterocycles. The van der Waals surface area contributed by atoms with Crippen molar-refractivity contribution in [3.05, 3.63) is 0 Å². The fraction of sp³-hybridized carbons (Fsp3) is 1.00. The quantitative estimate of drug-likeness (QED) is 0.665. The molecule has 1 rings (SSSR count). The minimum Gasteiger partial charge on any atom is -0.396 e. The average molecular weight is 186 g/mol. The van der Waals surface area contributed by atoms with Crippen molar-refractivity contribution < 1.29 is 5.11 Å². The molecule has 3 unspecified atom stereocenters. The molecule has 0 radical (unpaired) electrons. The van der Waals surface area contributed by atoms with Gasteiger partial charge in [0, 0.05) is 38.3 Å². The second-order valence-electron chi connectivity index (χ2n) is 4.40. The lowest BCUT2D eigenvalue weighted by atomic mass is 10.1. The Bertz CT molecular complexity index is 152. The summed E-state index contributed by atoms with van der Waals surface area (Å²) in [5.41, 5.74) is 0. The summed E-state index contributed by atoms with van der Waals surface area (Å²) in [4.78, 5) is 2.46. The number of aliphatic hydroxyl groups excluding tert-OH is 1. The first-order valence-corrected chi connectivity index (χ1v) is 5.21. The number of nitrogens with zero attached hydrogens (tertiary/aromatic N) is 1. The molecule has 0 spiro atoms. The van der Waals surface area contributed by atoms with E-state index in [9.17, 15) is 0 Å². The molecule has 1 aliphatic heterocycles. The Morgan fingerprint density at radius 3 is 2.85 bits per heavy atom. The number of hydrogen-bond donors (Lipinski definition) is 2. The summed E-state index contributed by atoms with van der Waals surface area (Å²) in [6.07, 6.45) is 0. The number of piperazine rings is 1. The minimum absolute atomic E-state index is 0.297. The normalized spacial score (nSPS) is 33.2. The highest BCUT2D eigenvalue weighted by Gasteiger charge is 2.22. The molecule has 78 valence electrons. The van der Waals surface area contributed by atoms with Gasteiger partial charge in [0.15, 0.2) is 0 Å². The molecule has 0 saturated carbocycles. The molecule has 0 aliphatic carbocycles. The second-order valence-corrected chi connectivity index (χ2v) is 4.40. The number of nitrogens with one attached hydrogen (secondary N) is 1. The molecule has 13 heavy (non-hydrogen) atoms. The van der Waals surface area contributed by atoms with Crippen LogP contribution in [0.3, 0.4) is 0 Å². The molecule has 0 bridgehead atoms. The van der Waals surface area contributed by atoms with Crippen molar-refractivity contribution in [2.75, 3.05) is 26.2 Å². The van der Waals surface area contributed by atoms with Crippen LogP contribution in [0, 0.1) is 5.92 Å². The Balaban J connectivity index is 2.37. The van der Waals surface area contributed by atoms with Crippen LogP contribution in [-0.2, 0) is 0 Å². The van der Waals surface area contributed by atoms with Gasteiger partial charge in [-0.15, -0.1) is 0 Å². The Labute approximate surface area is 81.1 Å². The predicted molar refractivity (Wildman–Crippen MR) is 54.7 cm³/mol. The monoisotopic (exact) mass is 186 g/mol. The largest absolute Gasteiger partial charge is 0.396 e. The Kier molecular flexibility index (Phi) is 4.16. The van der Waals surface area contributed by atoms with Gasteiger partial charge in [-0.3, -0.25) is 4.90 Å². The Hall–Kier alpha value is -0.120. The number of hydrogen-bond acceptors (Lipinski definition) is 3. The van der Waals surface area contributed by atoms with Crippen molar-refractivity contribution in [2.24, 2.45) is 5.92 Å². The molecule has 1 aliphatic rings. The Morgan fingerprint density at radius 1 is 1.54 bits per heavy atom. The van der Waals surface area contributed by atoms with Gasteiger partial charge in [0.2, 0.25) is 0 Å². The standard InChI is InChI=1S/C10H22N2O/c1-8(7-13)5-12-6-9(2)11-4-10(12)3/h8-11,13H,4-7H2,1-3H3. The van der Waals surface area contributed by atoms with Gasteiger partial charge >= 0.3 is 0 Å². The molecule has 1 fully saturated rings. The van der Waals surface area contributed by atoms with Crippen LogP contribution < -0.4 is 5.32 Å². The van der Waals surface area contributed by atoms with E-state index < -0.39 is 0 Å². The minimum atomic E-state index is 0.297. The summed E-state index contributed by atoms with van der Waals surface area (Å²) >= 11 is 0. The lowest BCUT2D eigenvalue weighted by Gasteiger charge is -2.38. The van der Waals surface area contributed by atoms with Crippen LogP contribution in [0.2, 0.25) is 0 Å². The number of aliphatic hydroxyl groups is 1. The van der Waals surface area contributed by atoms with Crippen LogP contribution in [0.5, 0.6) is 0 Å². The van der Waals surface area contributed by atoms with Crippen molar-refractivity contribution in [3.63, 3.8) is 0 Å². The van der Waals surface area contributed by atoms with E-state index in [2.05, 4.69) is 31.0 Å². The van der Waals surface area contributed by atoms with Gasteiger partial charge in [-0.2, -0.15) is 0 Å². The molecule has 0 aromatic heterocycles. The lowest BCUT2D eigenvalue weighted by Crippen LogP contribution is -2.55. The van der Waals surface area contributed by atoms with Crippen LogP contribution in [-0.4, -0.2) is 48.3 Å². The molecule has 3 nitrogen and oxygen atoms in total. The van der Waals surface area contributed by atoms with E-state index in [1.807, 2.05) is 0 Å². The Morgan fingerprint density at radius 2 is 2.23 bits per heavy atom. The lowest BCUT2D eigenvalue weighted by molar-refractivity contribution is 0.107. The van der Waals surface area contributed by atoms with Gasteiger partial charge in [-0.25, -0.2) is 0 Å². The van der Waals surface area contributed by atoms with Crippen molar-refractivity contribution in [1.29, 1.82) is 0 Å². The smallest absolute Gasteiger partial charge is 0.0468 e. The third-order valence-corrected chi connectivity index (χ3v) is 2.75. The molecular weight excluding hydrogens is 164 g/mol. The zero-order valence-electron chi connectivity index (χ0n) is 8.95. The second kappa shape index (κ2) is 4.94. The van der Waals surface area contributed by atoms with Crippen molar-refractivity contribution in [3.8, 4) is 0 Å². The molecule has 2 N–H and O–H groups in total. The molecule has 0 aromatic rings. The zero-order valence-corrected chi connectivity index (χ0v) is 8.95. The molecule has 0 amide bonds. The van der Waals surface area contributed by atoms with Gasteiger partial charge in [0.05, 0.1) is 0 Å². The van der Waals surface area contributed by atoms with Crippen molar-refractivity contribution in [1.82, 2.24) is 10.2 Å². The summed E-state index contributed by atoms with van der Waals surface area (Å²) in [6, 6.07) is 1.19. The first-order chi connectivity index (χ1) is 6.13. The first kappa shape index (κ1) is 11.0. The van der Waals surface area contributed by atoms with Crippen LogP contribution >= 0.6 is 0 Å². The first-order valence-electron chi connectivity index (χ1n) is 5.21. The predicted octanol–water partition coefficient (Wildman–Crippen LogP) is 0.297. The zero-order chi connectivity index (χ0) is 9.84. The highest BCUT2D eigenvalue weighted by atomic mass is 16.3. The van der Waals surface area contributed by atoms with E-state index in [1.165, 1.54) is 0 Å². The van der Waals surface area contributed by atoms with Crippen LogP contribution in [0.4, 0.5) is 0 Å². The summed E-state index contributed by atoms with van der Waals surface area (Å²) < 4.78 is 0. The highest BCUT2D eigenvalue weighted by molar-refractivity contribution is 4.81. The SMILES string of the molecule is CC(CO)CN1CC(C)NCC1C. The summed E-state index contributed by atoms with van der Waals surface area (Å²) in [6.45, 7) is 10.0. The maximum absolute atomic E-state index is 8.98. The van der Waals surface area contributed by atoms with Gasteiger partial charge in [-0.1, -0.05) is 6.92 Å². The van der Waals surface area contributed by atoms with Gasteiger partial charge in [0.1, 0.15) is 0 Å². The fourth-order valence-electron chi connectivity index (χ4n) is 1.81. The fourth-order valence-corrected chi connectivity index (χ4v) is 1.81. The maximum Gasteiger partial charge on any atom is 0.0468 e. The van der Waals surface area contributed by atoms with Crippen molar-refractivity contribution >= 4 is 0 Å². The van der Waals surface area contributed by atoms with E-state index in [1.54, 1.807) is 0 Å². The van der Waals surface area contributed by atoms with Crippen LogP contribution in [0.15, 0.2) is 0 Å². The van der Waals surface area contributed by atoms with Crippen molar-refractivity contribution in [2.45, 2.75) is 32.9 Å². The molecule has 3 heteroatoms. The van der Waals surface area contributed by atoms with E-state index in [-0.39, 0.29) is 0 Å². The third-order valence-electron chi connectivity index (χ3n) is 2.75. The molecule has 0 aromatic carbocycles. The number of rotatable bonds is 3. The van der Waals surface area contributed by atoms with Crippen LogP contribution in [0.25, 0.3) is 0 Å². The van der Waals surface area contributed by atoms with E-state index in [0.717, 1.165) is 19.6 Å². The maximum atomic E-state index is 8.98. The average Bonchev–Trinajstić information content (AvgIpc) is 2.11. The van der Waals surface area contributed by atoms with Gasteiger partial charge in [-0.05, 0) is 19.8 Å². The summed E-state index contributed by atoms with van der Waals surface area (Å²) in [7, 11) is 0. The van der Waals surface area contributed by atoms with E-state index in [4.69, 9.17) is 5.11 Å². The highest BCUT2D eigenvalue weighted by Crippen LogP contribution is 2.09. The van der Waals surface area contributed by atoms with Gasteiger partial charge in [0.25, 0.3) is 0 Å². The third kappa shape index (κ3) is 3.25. The molecular formula is C10H22N2O. The van der Waals surface area contributed by atoms with E-state index in [0.29, 0.717) is 24.6 Å². The summed E-state index contributed by atoms with van der Waals surface area (Å²) in [5.74, 6) is 0.396. The van der Waals surface area contributed by atoms with E-state index >= 15 is 0 Å². The van der Waals surface area contributed by atoms with Gasteiger partial charge < -0.3 is 10.4 Å². The van der Waals surface area contributed by atoms with Crippen LogP contribution in [0.1, 0.15) is 20.8 Å². The topological polar surface area (TPSA) is 35.5 Å². The molecule has 1 saturated heterocycles. The molecule has 3 atom stereocenters. The summed E-state index contributed by atoms with van der Waals surface area (Å²) in [5, 5.41) is 12.4.